The summed E-state index contributed by atoms with van der Waals surface area (Å²) in [6.45, 7) is 5.85. The summed E-state index contributed by atoms with van der Waals surface area (Å²) in [5.74, 6) is -0.0505. The van der Waals surface area contributed by atoms with Crippen LogP contribution < -0.4 is 0 Å². The summed E-state index contributed by atoms with van der Waals surface area (Å²) >= 11 is 0. The Bertz CT molecular complexity index is 925. The first-order valence-corrected chi connectivity index (χ1v) is 21.0. The molecule has 0 amide bonds. The largest absolute Gasteiger partial charge is 0.469 e. The highest BCUT2D eigenvalue weighted by atomic mass is 31.2. The van der Waals surface area contributed by atoms with Gasteiger partial charge >= 0.3 is 19.8 Å². The van der Waals surface area contributed by atoms with E-state index < -0.39 is 32.5 Å². The fraction of sp³-hybridized carbons (Fsp3) is 0.821. The van der Waals surface area contributed by atoms with Crippen molar-refractivity contribution in [2.24, 2.45) is 5.92 Å². The van der Waals surface area contributed by atoms with Crippen LogP contribution in [-0.2, 0) is 32.9 Å². The van der Waals surface area contributed by atoms with Gasteiger partial charge in [0.1, 0.15) is 6.61 Å². The average molecular weight is 715 g/mol. The molecule has 0 saturated carbocycles. The molecule has 49 heavy (non-hydrogen) atoms. The Morgan fingerprint density at radius 1 is 0.633 bits per heavy atom. The number of allylic oxidation sites excluding steroid dienone is 4. The minimum Gasteiger partial charge on any atom is -0.462 e. The van der Waals surface area contributed by atoms with Gasteiger partial charge in [0.25, 0.3) is 0 Å². The minimum absolute atomic E-state index is 0.112. The molecule has 2 N–H and O–H groups in total. The topological polar surface area (TPSA) is 136 Å². The van der Waals surface area contributed by atoms with Crippen molar-refractivity contribution in [3.05, 3.63) is 24.3 Å². The number of phosphoric acid groups is 1. The van der Waals surface area contributed by atoms with Gasteiger partial charge in [-0.25, -0.2) is 4.57 Å². The normalized spacial score (nSPS) is 12.7. The summed E-state index contributed by atoms with van der Waals surface area (Å²) in [7, 11) is -4.78. The number of carbonyl (C=O) groups is 3. The zero-order valence-corrected chi connectivity index (χ0v) is 32.1. The van der Waals surface area contributed by atoms with Gasteiger partial charge in [0.05, 0.1) is 6.61 Å². The lowest BCUT2D eigenvalue weighted by Gasteiger charge is -2.18. The van der Waals surface area contributed by atoms with Gasteiger partial charge in [-0.1, -0.05) is 148 Å². The molecule has 0 saturated heterocycles. The van der Waals surface area contributed by atoms with Crippen LogP contribution in [-0.4, -0.2) is 46.8 Å². The second-order valence-electron chi connectivity index (χ2n) is 13.8. The summed E-state index contributed by atoms with van der Waals surface area (Å²) in [5.41, 5.74) is 0. The van der Waals surface area contributed by atoms with E-state index in [0.717, 1.165) is 57.3 Å². The lowest BCUT2D eigenvalue weighted by atomic mass is 10.0. The van der Waals surface area contributed by atoms with E-state index in [1.54, 1.807) is 12.2 Å². The molecule has 0 fully saturated rings. The number of hydrogen-bond acceptors (Lipinski definition) is 7. The summed E-state index contributed by atoms with van der Waals surface area (Å²) in [5, 5.41) is 0. The molecule has 0 rings (SSSR count). The van der Waals surface area contributed by atoms with Crippen LogP contribution >= 0.6 is 7.82 Å². The SMILES string of the molecule is CCCCC/C=C\C=C\C(=O)CCCCCCCC(=O)O[C@H](COC(=O)CCCCCCCCCCCCCCC(C)C)COP(=O)(O)O. The fourth-order valence-electron chi connectivity index (χ4n) is 5.42. The summed E-state index contributed by atoms with van der Waals surface area (Å²) in [6.07, 6.45) is 31.5. The maximum atomic E-state index is 12.4. The van der Waals surface area contributed by atoms with Crippen LogP contribution in [0.15, 0.2) is 24.3 Å². The van der Waals surface area contributed by atoms with Crippen LogP contribution in [0, 0.1) is 5.92 Å². The van der Waals surface area contributed by atoms with Crippen molar-refractivity contribution in [2.75, 3.05) is 13.2 Å². The van der Waals surface area contributed by atoms with Gasteiger partial charge in [0.2, 0.25) is 0 Å². The predicted octanol–water partition coefficient (Wildman–Crippen LogP) is 10.7. The van der Waals surface area contributed by atoms with E-state index in [-0.39, 0.29) is 25.2 Å². The van der Waals surface area contributed by atoms with Gasteiger partial charge in [0.15, 0.2) is 11.9 Å². The maximum Gasteiger partial charge on any atom is 0.469 e. The molecule has 0 aliphatic rings. The third-order valence-corrected chi connectivity index (χ3v) is 8.86. The van der Waals surface area contributed by atoms with Crippen LogP contribution in [0.4, 0.5) is 0 Å². The standard InChI is InChI=1S/C39H71O9P/c1-4-5-6-7-14-19-24-29-36(40)30-25-20-17-22-27-32-39(42)48-37(34-47-49(43,44)45)33-46-38(41)31-26-21-16-13-11-9-8-10-12-15-18-23-28-35(2)3/h14,19,24,29,35,37H,4-13,15-18,20-23,25-28,30-34H2,1-3H3,(H2,43,44,45)/b19-14-,29-24+/t37-/m1/s1. The minimum atomic E-state index is -4.78. The number of ketones is 1. The first-order chi connectivity index (χ1) is 23.5. The number of rotatable bonds is 35. The van der Waals surface area contributed by atoms with Crippen molar-refractivity contribution in [2.45, 2.75) is 187 Å². The molecule has 0 aromatic carbocycles. The van der Waals surface area contributed by atoms with Crippen LogP contribution in [0.25, 0.3) is 0 Å². The van der Waals surface area contributed by atoms with E-state index in [1.807, 2.05) is 6.08 Å². The number of esters is 2. The molecule has 0 aromatic heterocycles. The van der Waals surface area contributed by atoms with Crippen molar-refractivity contribution in [1.29, 1.82) is 0 Å². The van der Waals surface area contributed by atoms with E-state index in [1.165, 1.54) is 77.0 Å². The Hall–Kier alpha value is -1.80. The Labute approximate surface area is 298 Å². The van der Waals surface area contributed by atoms with Gasteiger partial charge in [0, 0.05) is 19.3 Å². The number of unbranched alkanes of at least 4 members (excludes halogenated alkanes) is 18. The summed E-state index contributed by atoms with van der Waals surface area (Å²) < 4.78 is 26.3. The summed E-state index contributed by atoms with van der Waals surface area (Å²) in [4.78, 5) is 54.7. The molecule has 0 spiro atoms. The highest BCUT2D eigenvalue weighted by molar-refractivity contribution is 7.46. The zero-order valence-electron chi connectivity index (χ0n) is 31.3. The van der Waals surface area contributed by atoms with Gasteiger partial charge in [-0.15, -0.1) is 0 Å². The Morgan fingerprint density at radius 3 is 1.67 bits per heavy atom. The van der Waals surface area contributed by atoms with E-state index in [4.69, 9.17) is 19.3 Å². The quantitative estimate of drug-likeness (QED) is 0.0216. The zero-order chi connectivity index (χ0) is 36.4. The molecule has 1 atom stereocenters. The van der Waals surface area contributed by atoms with Crippen molar-refractivity contribution in [1.82, 2.24) is 0 Å². The Morgan fingerprint density at radius 2 is 1.14 bits per heavy atom. The van der Waals surface area contributed by atoms with E-state index in [0.29, 0.717) is 19.3 Å². The first kappa shape index (κ1) is 47.2. The summed E-state index contributed by atoms with van der Waals surface area (Å²) in [6, 6.07) is 0. The predicted molar refractivity (Wildman–Crippen MR) is 198 cm³/mol. The molecule has 0 bridgehead atoms. The molecule has 0 radical (unpaired) electrons. The molecule has 10 heteroatoms. The highest BCUT2D eigenvalue weighted by Gasteiger charge is 2.22. The van der Waals surface area contributed by atoms with Gasteiger partial charge < -0.3 is 19.3 Å². The second-order valence-corrected chi connectivity index (χ2v) is 15.0. The maximum absolute atomic E-state index is 12.4. The molecule has 286 valence electrons. The van der Waals surface area contributed by atoms with Crippen molar-refractivity contribution < 1.29 is 42.7 Å². The fourth-order valence-corrected chi connectivity index (χ4v) is 5.78. The van der Waals surface area contributed by atoms with Crippen LogP contribution in [0.5, 0.6) is 0 Å². The highest BCUT2D eigenvalue weighted by Crippen LogP contribution is 2.36. The van der Waals surface area contributed by atoms with Crippen LogP contribution in [0.1, 0.15) is 181 Å². The van der Waals surface area contributed by atoms with E-state index >= 15 is 0 Å². The number of phosphoric ester groups is 1. The second kappa shape index (κ2) is 33.3. The number of hydrogen-bond donors (Lipinski definition) is 2. The lowest BCUT2D eigenvalue weighted by Crippen LogP contribution is -2.29. The van der Waals surface area contributed by atoms with Crippen LogP contribution in [0.2, 0.25) is 0 Å². The molecule has 0 aliphatic heterocycles. The molecule has 0 unspecified atom stereocenters. The smallest absolute Gasteiger partial charge is 0.462 e. The molecule has 9 nitrogen and oxygen atoms in total. The molecule has 0 heterocycles. The van der Waals surface area contributed by atoms with Crippen molar-refractivity contribution in [3.63, 3.8) is 0 Å². The molecule has 0 aliphatic carbocycles. The third kappa shape index (κ3) is 37.3. The average Bonchev–Trinajstić information content (AvgIpc) is 3.04. The van der Waals surface area contributed by atoms with E-state index in [9.17, 15) is 18.9 Å². The monoisotopic (exact) mass is 714 g/mol. The number of carbonyl (C=O) groups excluding carboxylic acids is 3. The lowest BCUT2D eigenvalue weighted by molar-refractivity contribution is -0.161. The van der Waals surface area contributed by atoms with Crippen LogP contribution in [0.3, 0.4) is 0 Å². The Kier molecular flexibility index (Phi) is 32.1. The van der Waals surface area contributed by atoms with Gasteiger partial charge in [-0.05, 0) is 44.1 Å². The number of ether oxygens (including phenoxy) is 2. The molecular weight excluding hydrogens is 643 g/mol. The van der Waals surface area contributed by atoms with Gasteiger partial charge in [-0.2, -0.15) is 0 Å². The van der Waals surface area contributed by atoms with Crippen molar-refractivity contribution >= 4 is 25.5 Å². The molecular formula is C39H71O9P. The Balaban J connectivity index is 4.03. The first-order valence-electron chi connectivity index (χ1n) is 19.4. The third-order valence-electron chi connectivity index (χ3n) is 8.38. The van der Waals surface area contributed by atoms with Crippen molar-refractivity contribution in [3.8, 4) is 0 Å². The molecule has 0 aromatic rings. The van der Waals surface area contributed by atoms with Gasteiger partial charge in [-0.3, -0.25) is 18.9 Å². The van der Waals surface area contributed by atoms with E-state index in [2.05, 4.69) is 31.4 Å².